The number of amides is 3. The summed E-state index contributed by atoms with van der Waals surface area (Å²) in [4.78, 5) is 50.0. The molecule has 1 rings (SSSR count). The predicted octanol–water partition coefficient (Wildman–Crippen LogP) is -3.92. The molecular weight excluding hydrogens is 610 g/mol. The standard InChI is InChI=1S/C26H47N3O16/c1-15(2)44-26(24(36)37)11-17(31)20(22(45-26)21(34)18(32)13-30)29-19(33)12-27-23(35)16(14-42-8-6-40-4)28-25(38)43-10-9-41-7-5-39-3/h15-18,20-22,30-32,34H,5-14H2,1-4H3,(H,27,35)(H,28,38)(H,29,33)(H,36,37). The zero-order chi connectivity index (χ0) is 34.0. The van der Waals surface area contributed by atoms with Crippen molar-refractivity contribution >= 4 is 23.9 Å². The molecule has 8 N–H and O–H groups in total. The van der Waals surface area contributed by atoms with Crippen LogP contribution in [0.1, 0.15) is 20.3 Å². The predicted molar refractivity (Wildman–Crippen MR) is 150 cm³/mol. The third kappa shape index (κ3) is 14.1. The molecule has 1 saturated heterocycles. The highest BCUT2D eigenvalue weighted by atomic mass is 16.7. The van der Waals surface area contributed by atoms with E-state index in [4.69, 9.17) is 33.2 Å². The average Bonchev–Trinajstić information content (AvgIpc) is 2.99. The normalized spacial score (nSPS) is 23.5. The van der Waals surface area contributed by atoms with Gasteiger partial charge in [-0.3, -0.25) is 9.59 Å². The Morgan fingerprint density at radius 3 is 2.18 bits per heavy atom. The number of ether oxygens (including phenoxy) is 7. The maximum absolute atomic E-state index is 12.8. The second-order valence-corrected chi connectivity index (χ2v) is 10.1. The fraction of sp³-hybridized carbons (Fsp3) is 0.846. The topological polar surface area (TPSA) is 270 Å². The average molecular weight is 658 g/mol. The van der Waals surface area contributed by atoms with Crippen LogP contribution in [0.2, 0.25) is 0 Å². The molecule has 19 heteroatoms. The lowest BCUT2D eigenvalue weighted by Gasteiger charge is -2.47. The van der Waals surface area contributed by atoms with Gasteiger partial charge in [-0.25, -0.2) is 9.59 Å². The van der Waals surface area contributed by atoms with Gasteiger partial charge in [0.2, 0.25) is 11.8 Å². The number of methoxy groups -OCH3 is 2. The van der Waals surface area contributed by atoms with Crippen molar-refractivity contribution in [2.24, 2.45) is 0 Å². The molecule has 19 nitrogen and oxygen atoms in total. The van der Waals surface area contributed by atoms with Crippen LogP contribution >= 0.6 is 0 Å². The molecule has 0 aromatic carbocycles. The first-order valence-electron chi connectivity index (χ1n) is 14.2. The number of rotatable bonds is 22. The van der Waals surface area contributed by atoms with Gasteiger partial charge in [-0.05, 0) is 13.8 Å². The highest BCUT2D eigenvalue weighted by molar-refractivity contribution is 5.89. The number of aliphatic hydroxyl groups is 4. The van der Waals surface area contributed by atoms with Crippen molar-refractivity contribution < 1.29 is 77.9 Å². The Labute approximate surface area is 260 Å². The molecule has 0 aliphatic carbocycles. The number of carboxylic acids is 1. The van der Waals surface area contributed by atoms with E-state index in [-0.39, 0.29) is 33.0 Å². The minimum Gasteiger partial charge on any atom is -0.477 e. The summed E-state index contributed by atoms with van der Waals surface area (Å²) in [5.74, 6) is -5.85. The molecule has 0 aromatic heterocycles. The molecule has 7 atom stereocenters. The number of hydrogen-bond acceptors (Lipinski definition) is 15. The van der Waals surface area contributed by atoms with E-state index in [0.29, 0.717) is 13.2 Å². The van der Waals surface area contributed by atoms with Gasteiger partial charge in [0, 0.05) is 20.6 Å². The Morgan fingerprint density at radius 2 is 1.60 bits per heavy atom. The van der Waals surface area contributed by atoms with Crippen molar-refractivity contribution in [1.29, 1.82) is 0 Å². The number of aliphatic hydroxyl groups excluding tert-OH is 4. The van der Waals surface area contributed by atoms with Crippen molar-refractivity contribution in [1.82, 2.24) is 16.0 Å². The molecule has 0 saturated carbocycles. The second-order valence-electron chi connectivity index (χ2n) is 10.1. The van der Waals surface area contributed by atoms with Crippen molar-refractivity contribution in [3.05, 3.63) is 0 Å². The van der Waals surface area contributed by atoms with E-state index in [0.717, 1.165) is 0 Å². The third-order valence-electron chi connectivity index (χ3n) is 6.21. The fourth-order valence-electron chi connectivity index (χ4n) is 4.07. The van der Waals surface area contributed by atoms with Crippen LogP contribution in [0.15, 0.2) is 0 Å². The first-order chi connectivity index (χ1) is 21.3. The molecule has 1 fully saturated rings. The summed E-state index contributed by atoms with van der Waals surface area (Å²) < 4.78 is 36.2. The molecule has 1 aliphatic rings. The summed E-state index contributed by atoms with van der Waals surface area (Å²) in [6.45, 7) is 1.94. The van der Waals surface area contributed by atoms with Crippen molar-refractivity contribution in [2.45, 2.75) is 68.7 Å². The van der Waals surface area contributed by atoms with E-state index in [1.807, 2.05) is 0 Å². The minimum absolute atomic E-state index is 0.0804. The fourth-order valence-corrected chi connectivity index (χ4v) is 4.07. The number of carbonyl (C=O) groups excluding carboxylic acids is 3. The molecule has 1 heterocycles. The number of hydrogen-bond donors (Lipinski definition) is 8. The smallest absolute Gasteiger partial charge is 0.407 e. The molecular formula is C26H47N3O16. The van der Waals surface area contributed by atoms with Crippen molar-refractivity contribution in [3.63, 3.8) is 0 Å². The summed E-state index contributed by atoms with van der Waals surface area (Å²) in [7, 11) is 2.95. The zero-order valence-electron chi connectivity index (χ0n) is 25.8. The van der Waals surface area contributed by atoms with Gasteiger partial charge in [0.05, 0.1) is 71.0 Å². The molecule has 1 aliphatic heterocycles. The van der Waals surface area contributed by atoms with E-state index in [9.17, 15) is 44.7 Å². The summed E-state index contributed by atoms with van der Waals surface area (Å²) in [5.41, 5.74) is 0. The van der Waals surface area contributed by atoms with E-state index in [1.165, 1.54) is 28.1 Å². The van der Waals surface area contributed by atoms with Crippen LogP contribution in [0.3, 0.4) is 0 Å². The largest absolute Gasteiger partial charge is 0.477 e. The van der Waals surface area contributed by atoms with Crippen LogP contribution in [-0.4, -0.2) is 171 Å². The molecule has 0 bridgehead atoms. The molecule has 0 radical (unpaired) electrons. The van der Waals surface area contributed by atoms with Crippen molar-refractivity contribution in [2.75, 3.05) is 73.6 Å². The van der Waals surface area contributed by atoms with Gasteiger partial charge in [-0.15, -0.1) is 0 Å². The van der Waals surface area contributed by atoms with Crippen LogP contribution in [0.25, 0.3) is 0 Å². The molecule has 0 spiro atoms. The van der Waals surface area contributed by atoms with Crippen LogP contribution < -0.4 is 16.0 Å². The van der Waals surface area contributed by atoms with E-state index in [2.05, 4.69) is 16.0 Å². The maximum atomic E-state index is 12.8. The van der Waals surface area contributed by atoms with Gasteiger partial charge < -0.3 is 74.6 Å². The molecule has 262 valence electrons. The lowest BCUT2D eigenvalue weighted by molar-refractivity contribution is -0.319. The number of alkyl carbamates (subject to hydrolysis) is 1. The van der Waals surface area contributed by atoms with Gasteiger partial charge in [0.25, 0.3) is 5.79 Å². The van der Waals surface area contributed by atoms with Crippen LogP contribution in [0.4, 0.5) is 4.79 Å². The van der Waals surface area contributed by atoms with E-state index >= 15 is 0 Å². The maximum Gasteiger partial charge on any atom is 0.407 e. The second kappa shape index (κ2) is 21.1. The Kier molecular flexibility index (Phi) is 18.9. The quantitative estimate of drug-likeness (QED) is 0.0517. The molecule has 3 amide bonds. The molecule has 0 aromatic rings. The number of carboxylic acid groups (broad SMARTS) is 1. The lowest BCUT2D eigenvalue weighted by atomic mass is 9.88. The third-order valence-corrected chi connectivity index (χ3v) is 6.21. The van der Waals surface area contributed by atoms with Gasteiger partial charge in [0.1, 0.15) is 31.0 Å². The highest BCUT2D eigenvalue weighted by Gasteiger charge is 2.56. The lowest BCUT2D eigenvalue weighted by Crippen LogP contribution is -2.68. The van der Waals surface area contributed by atoms with Gasteiger partial charge >= 0.3 is 12.1 Å². The zero-order valence-corrected chi connectivity index (χ0v) is 25.8. The summed E-state index contributed by atoms with van der Waals surface area (Å²) in [6, 6.07) is -2.82. The van der Waals surface area contributed by atoms with Gasteiger partial charge in [-0.1, -0.05) is 0 Å². The van der Waals surface area contributed by atoms with Gasteiger partial charge in [-0.2, -0.15) is 0 Å². The van der Waals surface area contributed by atoms with E-state index < -0.39 is 91.8 Å². The molecule has 7 unspecified atom stereocenters. The van der Waals surface area contributed by atoms with Crippen LogP contribution in [0.5, 0.6) is 0 Å². The SMILES string of the molecule is COCCOCCOC(=O)NC(COCCOC)C(=O)NCC(=O)NC1C(O)CC(OC(C)C)(C(=O)O)OC1C(O)C(O)CO. The van der Waals surface area contributed by atoms with Crippen LogP contribution in [0, 0.1) is 0 Å². The minimum atomic E-state index is -2.45. The van der Waals surface area contributed by atoms with Gasteiger partial charge in [0.15, 0.2) is 0 Å². The number of nitrogens with one attached hydrogen (secondary N) is 3. The first kappa shape index (κ1) is 40.3. The van der Waals surface area contributed by atoms with Crippen LogP contribution in [-0.2, 0) is 47.5 Å². The monoisotopic (exact) mass is 657 g/mol. The molecule has 45 heavy (non-hydrogen) atoms. The first-order valence-corrected chi connectivity index (χ1v) is 14.2. The van der Waals surface area contributed by atoms with E-state index in [1.54, 1.807) is 0 Å². The highest BCUT2D eigenvalue weighted by Crippen LogP contribution is 2.34. The Bertz CT molecular complexity index is 911. The summed E-state index contributed by atoms with van der Waals surface area (Å²) >= 11 is 0. The Morgan fingerprint density at radius 1 is 0.978 bits per heavy atom. The Hall–Kier alpha value is -2.72. The van der Waals surface area contributed by atoms with Crippen molar-refractivity contribution in [3.8, 4) is 0 Å². The number of aliphatic carboxylic acids is 1. The summed E-state index contributed by atoms with van der Waals surface area (Å²) in [5, 5.41) is 57.6. The summed E-state index contributed by atoms with van der Waals surface area (Å²) in [6.07, 6.45) is -9.63. The Balaban J connectivity index is 2.91. The number of carbonyl (C=O) groups is 4.